The van der Waals surface area contributed by atoms with E-state index in [1.165, 1.54) is 12.8 Å². The lowest BCUT2D eigenvalue weighted by molar-refractivity contribution is 0.0451. The summed E-state index contributed by atoms with van der Waals surface area (Å²) in [7, 11) is 3.53. The van der Waals surface area contributed by atoms with Gasteiger partial charge in [0.2, 0.25) is 0 Å². The lowest BCUT2D eigenvalue weighted by Crippen LogP contribution is -2.46. The van der Waals surface area contributed by atoms with Gasteiger partial charge in [-0.15, -0.1) is 0 Å². The van der Waals surface area contributed by atoms with Crippen molar-refractivity contribution in [3.63, 3.8) is 0 Å². The molecule has 2 unspecified atom stereocenters. The van der Waals surface area contributed by atoms with Crippen molar-refractivity contribution in [2.75, 3.05) is 20.7 Å². The van der Waals surface area contributed by atoms with Crippen LogP contribution in [0.5, 0.6) is 0 Å². The molecular formula is C17H26N2O2. The lowest BCUT2D eigenvalue weighted by atomic mass is 9.96. The van der Waals surface area contributed by atoms with Crippen LogP contribution in [0, 0.1) is 0 Å². The molecule has 1 amide bonds. The molecule has 0 spiro atoms. The van der Waals surface area contributed by atoms with Crippen LogP contribution in [-0.2, 0) is 6.54 Å². The smallest absolute Gasteiger partial charge is 0.253 e. The van der Waals surface area contributed by atoms with Gasteiger partial charge in [-0.1, -0.05) is 18.6 Å². The second-order valence-electron chi connectivity index (χ2n) is 6.19. The fourth-order valence-electron chi connectivity index (χ4n) is 3.09. The van der Waals surface area contributed by atoms with Crippen molar-refractivity contribution in [2.24, 2.45) is 0 Å². The first-order valence-electron chi connectivity index (χ1n) is 7.70. The second-order valence-corrected chi connectivity index (χ2v) is 6.19. The second kappa shape index (κ2) is 7.05. The molecule has 1 aromatic rings. The molecule has 4 nitrogen and oxygen atoms in total. The maximum Gasteiger partial charge on any atom is 0.253 e. The number of carbonyl (C=O) groups is 1. The third kappa shape index (κ3) is 3.83. The van der Waals surface area contributed by atoms with Crippen LogP contribution in [0.4, 0.5) is 0 Å². The van der Waals surface area contributed by atoms with Crippen molar-refractivity contribution in [1.29, 1.82) is 0 Å². The first-order valence-corrected chi connectivity index (χ1v) is 7.70. The van der Waals surface area contributed by atoms with E-state index in [0.717, 1.165) is 24.1 Å². The predicted molar refractivity (Wildman–Crippen MR) is 84.2 cm³/mol. The molecule has 4 heteroatoms. The van der Waals surface area contributed by atoms with Gasteiger partial charge in [0, 0.05) is 38.3 Å². The quantitative estimate of drug-likeness (QED) is 0.924. The van der Waals surface area contributed by atoms with E-state index < -0.39 is 0 Å². The molecule has 1 saturated heterocycles. The minimum absolute atomic E-state index is 0.0299. The van der Waals surface area contributed by atoms with E-state index in [4.69, 9.17) is 0 Å². The molecule has 0 aliphatic carbocycles. The van der Waals surface area contributed by atoms with Crippen molar-refractivity contribution in [2.45, 2.75) is 44.8 Å². The maximum absolute atomic E-state index is 12.0. The van der Waals surface area contributed by atoms with Gasteiger partial charge in [0.15, 0.2) is 0 Å². The van der Waals surface area contributed by atoms with Crippen molar-refractivity contribution in [1.82, 2.24) is 9.80 Å². The number of amides is 1. The number of hydrogen-bond acceptors (Lipinski definition) is 3. The Morgan fingerprint density at radius 1 is 1.38 bits per heavy atom. The molecule has 2 atom stereocenters. The van der Waals surface area contributed by atoms with E-state index in [1.807, 2.05) is 18.2 Å². The molecule has 116 valence electrons. The summed E-state index contributed by atoms with van der Waals surface area (Å²) in [6.07, 6.45) is 3.41. The average molecular weight is 290 g/mol. The monoisotopic (exact) mass is 290 g/mol. The number of likely N-dealkylation sites (tertiary alicyclic amines) is 1. The highest BCUT2D eigenvalue weighted by Gasteiger charge is 2.27. The third-order valence-electron chi connectivity index (χ3n) is 4.35. The Hall–Kier alpha value is -1.39. The third-order valence-corrected chi connectivity index (χ3v) is 4.35. The molecule has 0 bridgehead atoms. The van der Waals surface area contributed by atoms with E-state index in [0.29, 0.717) is 6.04 Å². The normalized spacial score (nSPS) is 23.0. The van der Waals surface area contributed by atoms with Crippen LogP contribution in [0.15, 0.2) is 24.3 Å². The minimum Gasteiger partial charge on any atom is -0.395 e. The summed E-state index contributed by atoms with van der Waals surface area (Å²) in [6.45, 7) is 3.22. The van der Waals surface area contributed by atoms with Crippen molar-refractivity contribution >= 4 is 5.91 Å². The van der Waals surface area contributed by atoms with Gasteiger partial charge < -0.3 is 10.0 Å². The van der Waals surface area contributed by atoms with Crippen LogP contribution >= 0.6 is 0 Å². The summed E-state index contributed by atoms with van der Waals surface area (Å²) in [5.74, 6) is 0.0299. The molecule has 0 saturated carbocycles. The molecule has 1 heterocycles. The molecule has 2 rings (SSSR count). The molecule has 21 heavy (non-hydrogen) atoms. The molecular weight excluding hydrogens is 264 g/mol. The van der Waals surface area contributed by atoms with Gasteiger partial charge in [0.25, 0.3) is 5.91 Å². The van der Waals surface area contributed by atoms with Crippen LogP contribution in [0.3, 0.4) is 0 Å². The fraction of sp³-hybridized carbons (Fsp3) is 0.588. The fourth-order valence-corrected chi connectivity index (χ4v) is 3.09. The van der Waals surface area contributed by atoms with Gasteiger partial charge in [-0.25, -0.2) is 0 Å². The Bertz CT molecular complexity index is 487. The Kier molecular flexibility index (Phi) is 5.37. The van der Waals surface area contributed by atoms with Crippen molar-refractivity contribution in [3.05, 3.63) is 35.4 Å². The highest BCUT2D eigenvalue weighted by atomic mass is 16.3. The maximum atomic E-state index is 12.0. The van der Waals surface area contributed by atoms with Gasteiger partial charge in [0.05, 0.1) is 6.61 Å². The Balaban J connectivity index is 2.14. The average Bonchev–Trinajstić information content (AvgIpc) is 2.48. The van der Waals surface area contributed by atoms with Crippen molar-refractivity contribution < 1.29 is 9.90 Å². The summed E-state index contributed by atoms with van der Waals surface area (Å²) in [5.41, 5.74) is 1.86. The Morgan fingerprint density at radius 3 is 2.81 bits per heavy atom. The number of aliphatic hydroxyl groups is 1. The number of benzene rings is 1. The van der Waals surface area contributed by atoms with E-state index in [-0.39, 0.29) is 18.6 Å². The van der Waals surface area contributed by atoms with Crippen LogP contribution in [0.2, 0.25) is 0 Å². The largest absolute Gasteiger partial charge is 0.395 e. The highest BCUT2D eigenvalue weighted by molar-refractivity contribution is 5.94. The molecule has 1 N–H and O–H groups in total. The number of hydrogen-bond donors (Lipinski definition) is 1. The molecule has 0 radical (unpaired) electrons. The summed E-state index contributed by atoms with van der Waals surface area (Å²) >= 11 is 0. The summed E-state index contributed by atoms with van der Waals surface area (Å²) in [6, 6.07) is 8.54. The zero-order valence-corrected chi connectivity index (χ0v) is 13.2. The first-order chi connectivity index (χ1) is 10.0. The number of aliphatic hydroxyl groups excluding tert-OH is 1. The summed E-state index contributed by atoms with van der Waals surface area (Å²) in [5, 5.41) is 9.57. The number of piperidine rings is 1. The molecule has 1 aromatic carbocycles. The van der Waals surface area contributed by atoms with Gasteiger partial charge in [-0.05, 0) is 37.5 Å². The van der Waals surface area contributed by atoms with E-state index in [2.05, 4.69) is 17.9 Å². The van der Waals surface area contributed by atoms with Gasteiger partial charge >= 0.3 is 0 Å². The molecule has 1 aliphatic rings. The minimum atomic E-state index is 0.0299. The van der Waals surface area contributed by atoms with E-state index in [9.17, 15) is 9.90 Å². The first kappa shape index (κ1) is 16.0. The van der Waals surface area contributed by atoms with E-state index >= 15 is 0 Å². The Labute approximate surface area is 127 Å². The van der Waals surface area contributed by atoms with Crippen LogP contribution in [0.1, 0.15) is 42.1 Å². The topological polar surface area (TPSA) is 43.8 Å². The predicted octanol–water partition coefficient (Wildman–Crippen LogP) is 2.12. The standard InChI is InChI=1S/C17H26N2O2/c1-13-6-4-9-16(12-20)19(13)11-14-7-5-8-15(10-14)17(21)18(2)3/h5,7-8,10,13,16,20H,4,6,9,11-12H2,1-3H3. The Morgan fingerprint density at radius 2 is 2.14 bits per heavy atom. The molecule has 1 fully saturated rings. The van der Waals surface area contributed by atoms with Crippen LogP contribution < -0.4 is 0 Å². The number of rotatable bonds is 4. The summed E-state index contributed by atoms with van der Waals surface area (Å²) < 4.78 is 0. The molecule has 0 aromatic heterocycles. The van der Waals surface area contributed by atoms with Crippen LogP contribution in [-0.4, -0.2) is 53.6 Å². The molecule has 1 aliphatic heterocycles. The van der Waals surface area contributed by atoms with Gasteiger partial charge in [0.1, 0.15) is 0 Å². The van der Waals surface area contributed by atoms with Gasteiger partial charge in [-0.2, -0.15) is 0 Å². The van der Waals surface area contributed by atoms with Crippen molar-refractivity contribution in [3.8, 4) is 0 Å². The van der Waals surface area contributed by atoms with Crippen LogP contribution in [0.25, 0.3) is 0 Å². The van der Waals surface area contributed by atoms with Gasteiger partial charge in [-0.3, -0.25) is 9.69 Å². The van der Waals surface area contributed by atoms with E-state index in [1.54, 1.807) is 19.0 Å². The zero-order chi connectivity index (χ0) is 15.4. The lowest BCUT2D eigenvalue weighted by Gasteiger charge is -2.40. The SMILES string of the molecule is CC1CCCC(CO)N1Cc1cccc(C(=O)N(C)C)c1. The summed E-state index contributed by atoms with van der Waals surface area (Å²) in [4.78, 5) is 16.0. The number of nitrogens with zero attached hydrogens (tertiary/aromatic N) is 2. The zero-order valence-electron chi connectivity index (χ0n) is 13.2. The number of carbonyl (C=O) groups excluding carboxylic acids is 1. The highest BCUT2D eigenvalue weighted by Crippen LogP contribution is 2.25.